The van der Waals surface area contributed by atoms with Crippen molar-refractivity contribution in [1.29, 1.82) is 0 Å². The highest BCUT2D eigenvalue weighted by Crippen LogP contribution is 2.30. The number of carbonyl (C=O) groups excluding carboxylic acids is 1. The third-order valence-corrected chi connectivity index (χ3v) is 5.23. The molecule has 1 N–H and O–H groups in total. The van der Waals surface area contributed by atoms with Gasteiger partial charge in [-0.2, -0.15) is 5.10 Å². The molecule has 0 fully saturated rings. The molecule has 1 atom stereocenters. The summed E-state index contributed by atoms with van der Waals surface area (Å²) in [5.41, 5.74) is 4.61. The lowest BCUT2D eigenvalue weighted by Gasteiger charge is -2.24. The number of fused-ring (bicyclic) bond motifs is 1. The summed E-state index contributed by atoms with van der Waals surface area (Å²) < 4.78 is 7.74. The van der Waals surface area contributed by atoms with Gasteiger partial charge in [-0.15, -0.1) is 0 Å². The lowest BCUT2D eigenvalue weighted by atomic mass is 9.93. The van der Waals surface area contributed by atoms with Gasteiger partial charge in [0.05, 0.1) is 18.8 Å². The zero-order valence-corrected chi connectivity index (χ0v) is 16.1. The molecule has 1 aliphatic carbocycles. The van der Waals surface area contributed by atoms with Gasteiger partial charge in [0.25, 0.3) is 5.91 Å². The standard InChI is InChI=1S/C23H25N3O2/c1-17-8-5-6-13-22(17)28-16-23(27)25-20-11-7-12-21-19(20)14-24-26(21)15-18-9-3-2-4-10-18/h2-6,8-10,13-14,20H,7,11-12,15-16H2,1H3,(H,25,27). The molecule has 0 spiro atoms. The predicted molar refractivity (Wildman–Crippen MR) is 108 cm³/mol. The van der Waals surface area contributed by atoms with E-state index >= 15 is 0 Å². The van der Waals surface area contributed by atoms with Crippen LogP contribution in [-0.4, -0.2) is 22.3 Å². The highest BCUT2D eigenvalue weighted by atomic mass is 16.5. The molecule has 0 aliphatic heterocycles. The number of carbonyl (C=O) groups is 1. The van der Waals surface area contributed by atoms with Crippen LogP contribution in [0.15, 0.2) is 60.8 Å². The second kappa shape index (κ2) is 8.30. The Kier molecular flexibility index (Phi) is 5.42. The Morgan fingerprint density at radius 3 is 2.79 bits per heavy atom. The van der Waals surface area contributed by atoms with Gasteiger partial charge in [-0.05, 0) is 43.4 Å². The Labute approximate surface area is 165 Å². The van der Waals surface area contributed by atoms with Crippen molar-refractivity contribution in [3.8, 4) is 5.75 Å². The van der Waals surface area contributed by atoms with E-state index in [1.807, 2.05) is 55.6 Å². The third-order valence-electron chi connectivity index (χ3n) is 5.23. The molecule has 4 rings (SSSR count). The maximum Gasteiger partial charge on any atom is 0.258 e. The highest BCUT2D eigenvalue weighted by molar-refractivity contribution is 5.78. The fourth-order valence-corrected chi connectivity index (χ4v) is 3.76. The molecule has 1 unspecified atom stereocenters. The van der Waals surface area contributed by atoms with E-state index in [4.69, 9.17) is 4.74 Å². The molecule has 5 nitrogen and oxygen atoms in total. The van der Waals surface area contributed by atoms with Gasteiger partial charge in [0.1, 0.15) is 5.75 Å². The molecule has 0 radical (unpaired) electrons. The van der Waals surface area contributed by atoms with Gasteiger partial charge in [0, 0.05) is 11.3 Å². The average Bonchev–Trinajstić information content (AvgIpc) is 3.12. The minimum absolute atomic E-state index is 0.00115. The Hall–Kier alpha value is -3.08. The molecule has 144 valence electrons. The first kappa shape index (κ1) is 18.3. The molecule has 0 bridgehead atoms. The SMILES string of the molecule is Cc1ccccc1OCC(=O)NC1CCCc2c1cnn2Cc1ccccc1. The average molecular weight is 375 g/mol. The first-order valence-corrected chi connectivity index (χ1v) is 9.77. The molecule has 28 heavy (non-hydrogen) atoms. The van der Waals surface area contributed by atoms with E-state index in [2.05, 4.69) is 27.2 Å². The summed E-state index contributed by atoms with van der Waals surface area (Å²) in [6, 6.07) is 18.1. The third kappa shape index (κ3) is 4.09. The van der Waals surface area contributed by atoms with E-state index in [1.54, 1.807) is 0 Å². The number of nitrogens with zero attached hydrogens (tertiary/aromatic N) is 2. The summed E-state index contributed by atoms with van der Waals surface area (Å²) in [5.74, 6) is 0.648. The Morgan fingerprint density at radius 2 is 1.96 bits per heavy atom. The maximum atomic E-state index is 12.4. The number of amides is 1. The van der Waals surface area contributed by atoms with Crippen LogP contribution >= 0.6 is 0 Å². The van der Waals surface area contributed by atoms with Gasteiger partial charge in [-0.3, -0.25) is 9.48 Å². The number of aromatic nitrogens is 2. The minimum atomic E-state index is -0.100. The Balaban J connectivity index is 1.40. The second-order valence-electron chi connectivity index (χ2n) is 7.26. The zero-order chi connectivity index (χ0) is 19.3. The van der Waals surface area contributed by atoms with Gasteiger partial charge >= 0.3 is 0 Å². The largest absolute Gasteiger partial charge is 0.484 e. The van der Waals surface area contributed by atoms with E-state index < -0.39 is 0 Å². The van der Waals surface area contributed by atoms with Gasteiger partial charge < -0.3 is 10.1 Å². The van der Waals surface area contributed by atoms with Crippen LogP contribution in [0.5, 0.6) is 5.75 Å². The maximum absolute atomic E-state index is 12.4. The van der Waals surface area contributed by atoms with E-state index in [-0.39, 0.29) is 18.6 Å². The fourth-order valence-electron chi connectivity index (χ4n) is 3.76. The summed E-state index contributed by atoms with van der Waals surface area (Å²) >= 11 is 0. The molecule has 0 saturated carbocycles. The number of aryl methyl sites for hydroxylation is 1. The van der Waals surface area contributed by atoms with Crippen molar-refractivity contribution in [3.63, 3.8) is 0 Å². The van der Waals surface area contributed by atoms with Crippen molar-refractivity contribution in [1.82, 2.24) is 15.1 Å². The van der Waals surface area contributed by atoms with Crippen molar-refractivity contribution in [2.24, 2.45) is 0 Å². The lowest BCUT2D eigenvalue weighted by molar-refractivity contribution is -0.124. The Morgan fingerprint density at radius 1 is 1.18 bits per heavy atom. The molecular formula is C23H25N3O2. The summed E-state index contributed by atoms with van der Waals surface area (Å²) in [6.45, 7) is 2.75. The topological polar surface area (TPSA) is 56.1 Å². The van der Waals surface area contributed by atoms with E-state index in [9.17, 15) is 4.79 Å². The van der Waals surface area contributed by atoms with Crippen LogP contribution in [0.4, 0.5) is 0 Å². The normalized spacial score (nSPS) is 15.7. The summed E-state index contributed by atoms with van der Waals surface area (Å²) in [4.78, 5) is 12.4. The van der Waals surface area contributed by atoms with Crippen molar-refractivity contribution >= 4 is 5.91 Å². The molecule has 3 aromatic rings. The number of ether oxygens (including phenoxy) is 1. The van der Waals surface area contributed by atoms with Crippen LogP contribution in [0.3, 0.4) is 0 Å². The van der Waals surface area contributed by atoms with Gasteiger partial charge in [0.15, 0.2) is 6.61 Å². The van der Waals surface area contributed by atoms with Crippen molar-refractivity contribution < 1.29 is 9.53 Å². The zero-order valence-electron chi connectivity index (χ0n) is 16.1. The first-order chi connectivity index (χ1) is 13.7. The number of hydrogen-bond donors (Lipinski definition) is 1. The quantitative estimate of drug-likeness (QED) is 0.713. The molecule has 2 aromatic carbocycles. The monoisotopic (exact) mass is 375 g/mol. The van der Waals surface area contributed by atoms with Crippen LogP contribution in [0.25, 0.3) is 0 Å². The molecule has 0 saturated heterocycles. The van der Waals surface area contributed by atoms with Crippen molar-refractivity contribution in [2.45, 2.75) is 38.8 Å². The number of para-hydroxylation sites is 1. The Bertz CT molecular complexity index is 949. The molecule has 1 aliphatic rings. The van der Waals surface area contributed by atoms with E-state index in [0.717, 1.165) is 42.7 Å². The number of rotatable bonds is 6. The number of nitrogens with one attached hydrogen (secondary N) is 1. The molecule has 5 heteroatoms. The smallest absolute Gasteiger partial charge is 0.258 e. The summed E-state index contributed by atoms with van der Waals surface area (Å²) in [7, 11) is 0. The van der Waals surface area contributed by atoms with Crippen LogP contribution in [0.2, 0.25) is 0 Å². The summed E-state index contributed by atoms with van der Waals surface area (Å²) in [5, 5.41) is 7.71. The van der Waals surface area contributed by atoms with Gasteiger partial charge in [0.2, 0.25) is 0 Å². The van der Waals surface area contributed by atoms with Crippen LogP contribution in [0.1, 0.15) is 41.3 Å². The fraction of sp³-hybridized carbons (Fsp3) is 0.304. The molecule has 1 amide bonds. The molecule has 1 heterocycles. The second-order valence-corrected chi connectivity index (χ2v) is 7.26. The van der Waals surface area contributed by atoms with E-state index in [0.29, 0.717) is 0 Å². The van der Waals surface area contributed by atoms with Crippen LogP contribution in [0, 0.1) is 6.92 Å². The lowest BCUT2D eigenvalue weighted by Crippen LogP contribution is -2.34. The predicted octanol–water partition coefficient (Wildman–Crippen LogP) is 3.81. The minimum Gasteiger partial charge on any atom is -0.484 e. The van der Waals surface area contributed by atoms with Crippen molar-refractivity contribution in [3.05, 3.63) is 83.2 Å². The number of benzene rings is 2. The summed E-state index contributed by atoms with van der Waals surface area (Å²) in [6.07, 6.45) is 4.87. The molecule has 1 aromatic heterocycles. The number of hydrogen-bond acceptors (Lipinski definition) is 3. The van der Waals surface area contributed by atoms with Crippen LogP contribution < -0.4 is 10.1 Å². The van der Waals surface area contributed by atoms with Crippen LogP contribution in [-0.2, 0) is 17.8 Å². The molecular weight excluding hydrogens is 350 g/mol. The van der Waals surface area contributed by atoms with E-state index in [1.165, 1.54) is 11.3 Å². The van der Waals surface area contributed by atoms with Crippen molar-refractivity contribution in [2.75, 3.05) is 6.61 Å². The highest BCUT2D eigenvalue weighted by Gasteiger charge is 2.25. The first-order valence-electron chi connectivity index (χ1n) is 9.77. The van der Waals surface area contributed by atoms with Gasteiger partial charge in [-0.1, -0.05) is 48.5 Å². The van der Waals surface area contributed by atoms with Gasteiger partial charge in [-0.25, -0.2) is 0 Å².